The zero-order valence-corrected chi connectivity index (χ0v) is 13.0. The molecular weight excluding hydrogens is 260 g/mol. The molecule has 1 fully saturated rings. The summed E-state index contributed by atoms with van der Waals surface area (Å²) in [5.41, 5.74) is 1.03. The Bertz CT molecular complexity index is 408. The topological polar surface area (TPSA) is 43.4 Å². The molecule has 1 N–H and O–H groups in total. The van der Waals surface area contributed by atoms with Crippen LogP contribution in [0.15, 0.2) is 5.38 Å². The molecule has 2 atom stereocenters. The van der Waals surface area contributed by atoms with Gasteiger partial charge in [-0.05, 0) is 19.3 Å². The van der Waals surface area contributed by atoms with E-state index in [0.29, 0.717) is 12.5 Å². The zero-order chi connectivity index (χ0) is 13.9. The van der Waals surface area contributed by atoms with E-state index >= 15 is 0 Å². The summed E-state index contributed by atoms with van der Waals surface area (Å²) in [4.78, 5) is 4.83. The molecule has 0 saturated carbocycles. The minimum absolute atomic E-state index is 0.143. The lowest BCUT2D eigenvalue weighted by Crippen LogP contribution is -2.48. The second-order valence-electron chi connectivity index (χ2n) is 5.39. The van der Waals surface area contributed by atoms with Crippen LogP contribution in [0.3, 0.4) is 0 Å². The Kier molecular flexibility index (Phi) is 4.95. The maximum atomic E-state index is 5.79. The molecule has 2 unspecified atom stereocenters. The van der Waals surface area contributed by atoms with Gasteiger partial charge in [0.15, 0.2) is 0 Å². The molecule has 0 radical (unpaired) electrons. The van der Waals surface area contributed by atoms with Crippen LogP contribution in [0, 0.1) is 0 Å². The van der Waals surface area contributed by atoms with Crippen molar-refractivity contribution in [3.63, 3.8) is 0 Å². The largest absolute Gasteiger partial charge is 0.383 e. The second-order valence-corrected chi connectivity index (χ2v) is 6.24. The number of rotatable bonds is 6. The van der Waals surface area contributed by atoms with Gasteiger partial charge in [0.05, 0.1) is 23.9 Å². The highest BCUT2D eigenvalue weighted by molar-refractivity contribution is 7.09. The van der Waals surface area contributed by atoms with Gasteiger partial charge in [-0.1, -0.05) is 13.8 Å². The van der Waals surface area contributed by atoms with Gasteiger partial charge in [0, 0.05) is 25.6 Å². The van der Waals surface area contributed by atoms with Gasteiger partial charge in [0.25, 0.3) is 0 Å². The molecular formula is C14H24N2O2S. The third kappa shape index (κ3) is 2.99. The first-order chi connectivity index (χ1) is 9.10. The smallest absolute Gasteiger partial charge is 0.116 e. The monoisotopic (exact) mass is 284 g/mol. The number of nitrogens with zero attached hydrogens (tertiary/aromatic N) is 1. The summed E-state index contributed by atoms with van der Waals surface area (Å²) in [6.45, 7) is 8.80. The van der Waals surface area contributed by atoms with Crippen molar-refractivity contribution in [3.05, 3.63) is 16.1 Å². The number of ether oxygens (including phenoxy) is 2. The minimum atomic E-state index is -0.143. The first-order valence-electron chi connectivity index (χ1n) is 6.91. The van der Waals surface area contributed by atoms with E-state index in [1.165, 1.54) is 5.69 Å². The summed E-state index contributed by atoms with van der Waals surface area (Å²) < 4.78 is 10.9. The quantitative estimate of drug-likeness (QED) is 0.815. The van der Waals surface area contributed by atoms with Crippen LogP contribution in [0.25, 0.3) is 0 Å². The van der Waals surface area contributed by atoms with Crippen LogP contribution in [-0.2, 0) is 15.0 Å². The van der Waals surface area contributed by atoms with E-state index in [4.69, 9.17) is 14.5 Å². The van der Waals surface area contributed by atoms with Gasteiger partial charge in [-0.25, -0.2) is 4.98 Å². The number of aromatic nitrogens is 1. The summed E-state index contributed by atoms with van der Waals surface area (Å²) in [5.74, 6) is 0.471. The van der Waals surface area contributed by atoms with Crippen molar-refractivity contribution in [2.45, 2.75) is 44.8 Å². The molecule has 1 saturated heterocycles. The van der Waals surface area contributed by atoms with E-state index < -0.39 is 0 Å². The number of hydrogen-bond donors (Lipinski definition) is 1. The lowest BCUT2D eigenvalue weighted by Gasteiger charge is -2.31. The summed E-state index contributed by atoms with van der Waals surface area (Å²) in [7, 11) is 1.73. The fourth-order valence-electron chi connectivity index (χ4n) is 2.46. The fourth-order valence-corrected chi connectivity index (χ4v) is 3.73. The molecule has 0 aliphatic carbocycles. The number of hydrogen-bond acceptors (Lipinski definition) is 5. The Balaban J connectivity index is 2.21. The fraction of sp³-hybridized carbons (Fsp3) is 0.786. The van der Waals surface area contributed by atoms with E-state index in [1.807, 2.05) is 0 Å². The van der Waals surface area contributed by atoms with Crippen LogP contribution >= 0.6 is 11.3 Å². The predicted molar refractivity (Wildman–Crippen MR) is 77.8 cm³/mol. The van der Waals surface area contributed by atoms with Crippen molar-refractivity contribution < 1.29 is 9.47 Å². The van der Waals surface area contributed by atoms with E-state index in [2.05, 4.69) is 31.5 Å². The molecule has 19 heavy (non-hydrogen) atoms. The van der Waals surface area contributed by atoms with Crippen molar-refractivity contribution in [1.29, 1.82) is 0 Å². The van der Waals surface area contributed by atoms with E-state index in [9.17, 15) is 0 Å². The van der Waals surface area contributed by atoms with Crippen LogP contribution in [0.4, 0.5) is 0 Å². The summed E-state index contributed by atoms with van der Waals surface area (Å²) in [6, 6.07) is 0. The van der Waals surface area contributed by atoms with Crippen LogP contribution in [0.1, 0.15) is 43.8 Å². The van der Waals surface area contributed by atoms with Gasteiger partial charge in [-0.15, -0.1) is 11.3 Å². The van der Waals surface area contributed by atoms with E-state index in [1.54, 1.807) is 18.4 Å². The number of nitrogens with one attached hydrogen (secondary N) is 1. The van der Waals surface area contributed by atoms with Crippen molar-refractivity contribution in [2.24, 2.45) is 0 Å². The molecule has 4 nitrogen and oxygen atoms in total. The zero-order valence-electron chi connectivity index (χ0n) is 12.2. The Hall–Kier alpha value is -0.490. The molecule has 1 aromatic rings. The number of thiazole rings is 1. The first-order valence-corrected chi connectivity index (χ1v) is 7.79. The Morgan fingerprint density at radius 3 is 2.95 bits per heavy atom. The minimum Gasteiger partial charge on any atom is -0.383 e. The SMILES string of the molecule is COCCNC1(c2nc(C(C)C)cs2)CCOC1C. The third-order valence-electron chi connectivity index (χ3n) is 3.80. The Morgan fingerprint density at radius 1 is 1.63 bits per heavy atom. The van der Waals surface area contributed by atoms with Gasteiger partial charge in [0.1, 0.15) is 5.01 Å². The van der Waals surface area contributed by atoms with Crippen LogP contribution < -0.4 is 5.32 Å². The highest BCUT2D eigenvalue weighted by atomic mass is 32.1. The summed E-state index contributed by atoms with van der Waals surface area (Å²) in [6.07, 6.45) is 1.12. The predicted octanol–water partition coefficient (Wildman–Crippen LogP) is 2.51. The van der Waals surface area contributed by atoms with Crippen molar-refractivity contribution in [2.75, 3.05) is 26.9 Å². The molecule has 2 rings (SSSR count). The molecule has 0 spiro atoms. The van der Waals surface area contributed by atoms with E-state index in [-0.39, 0.29) is 11.6 Å². The molecule has 0 aromatic carbocycles. The molecule has 1 aliphatic rings. The van der Waals surface area contributed by atoms with Gasteiger partial charge < -0.3 is 14.8 Å². The lowest BCUT2D eigenvalue weighted by molar-refractivity contribution is 0.0775. The third-order valence-corrected chi connectivity index (χ3v) is 4.84. The van der Waals surface area contributed by atoms with Gasteiger partial charge >= 0.3 is 0 Å². The summed E-state index contributed by atoms with van der Waals surface area (Å²) in [5, 5.41) is 6.93. The Labute approximate surface area is 119 Å². The summed E-state index contributed by atoms with van der Waals surface area (Å²) >= 11 is 1.74. The molecule has 1 aromatic heterocycles. The molecule has 1 aliphatic heterocycles. The average Bonchev–Trinajstić information content (AvgIpc) is 2.98. The number of methoxy groups -OCH3 is 1. The maximum absolute atomic E-state index is 5.79. The van der Waals surface area contributed by atoms with Crippen molar-refractivity contribution in [1.82, 2.24) is 10.3 Å². The molecule has 0 amide bonds. The molecule has 0 bridgehead atoms. The highest BCUT2D eigenvalue weighted by Gasteiger charge is 2.45. The Morgan fingerprint density at radius 2 is 2.42 bits per heavy atom. The lowest BCUT2D eigenvalue weighted by atomic mass is 9.92. The van der Waals surface area contributed by atoms with Crippen molar-refractivity contribution >= 4 is 11.3 Å². The molecule has 5 heteroatoms. The highest BCUT2D eigenvalue weighted by Crippen LogP contribution is 2.38. The van der Waals surface area contributed by atoms with Gasteiger partial charge in [-0.2, -0.15) is 0 Å². The van der Waals surface area contributed by atoms with Gasteiger partial charge in [-0.3, -0.25) is 0 Å². The van der Waals surface area contributed by atoms with E-state index in [0.717, 1.165) is 24.6 Å². The second kappa shape index (κ2) is 6.31. The van der Waals surface area contributed by atoms with Crippen LogP contribution in [-0.4, -0.2) is 38.0 Å². The molecule has 108 valence electrons. The van der Waals surface area contributed by atoms with Gasteiger partial charge in [0.2, 0.25) is 0 Å². The maximum Gasteiger partial charge on any atom is 0.116 e. The van der Waals surface area contributed by atoms with Crippen molar-refractivity contribution in [3.8, 4) is 0 Å². The average molecular weight is 284 g/mol. The normalized spacial score (nSPS) is 27.3. The molecule has 2 heterocycles. The van der Waals surface area contributed by atoms with Crippen LogP contribution in [0.2, 0.25) is 0 Å². The van der Waals surface area contributed by atoms with Crippen LogP contribution in [0.5, 0.6) is 0 Å². The first kappa shape index (κ1) is 14.9. The standard InChI is InChI=1S/C14H24N2O2S/c1-10(2)12-9-19-13(16-12)14(15-6-8-17-4)5-7-18-11(14)3/h9-11,15H,5-8H2,1-4H3.